The van der Waals surface area contributed by atoms with Gasteiger partial charge in [0.05, 0.1) is 5.56 Å². The highest BCUT2D eigenvalue weighted by atomic mass is 79.9. The highest BCUT2D eigenvalue weighted by molar-refractivity contribution is 9.10. The van der Waals surface area contributed by atoms with Gasteiger partial charge in [-0.2, -0.15) is 0 Å². The molecule has 1 heterocycles. The van der Waals surface area contributed by atoms with E-state index in [-0.39, 0.29) is 11.3 Å². The first-order valence-corrected chi connectivity index (χ1v) is 6.52. The second kappa shape index (κ2) is 4.63. The fourth-order valence-electron chi connectivity index (χ4n) is 2.07. The minimum Gasteiger partial charge on any atom is -0.360 e. The molecule has 3 aromatic rings. The highest BCUT2D eigenvalue weighted by Gasteiger charge is 2.17. The minimum atomic E-state index is -0.503. The molecule has 0 amide bonds. The van der Waals surface area contributed by atoms with Crippen LogP contribution in [0.2, 0.25) is 0 Å². The lowest BCUT2D eigenvalue weighted by Crippen LogP contribution is -2.03. The van der Waals surface area contributed by atoms with Crippen LogP contribution in [0.15, 0.2) is 53.1 Å². The average Bonchev–Trinajstić information content (AvgIpc) is 2.81. The number of H-pyrrole nitrogens is 1. The van der Waals surface area contributed by atoms with Gasteiger partial charge in [-0.25, -0.2) is 4.39 Å². The van der Waals surface area contributed by atoms with Crippen LogP contribution in [-0.4, -0.2) is 10.8 Å². The Kier molecular flexibility index (Phi) is 2.95. The lowest BCUT2D eigenvalue weighted by Gasteiger charge is -2.01. The van der Waals surface area contributed by atoms with Crippen LogP contribution in [0.1, 0.15) is 15.9 Å². The summed E-state index contributed by atoms with van der Waals surface area (Å²) in [6.45, 7) is 0. The third-order valence-electron chi connectivity index (χ3n) is 3.01. The Morgan fingerprint density at radius 2 is 1.89 bits per heavy atom. The molecule has 1 N–H and O–H groups in total. The topological polar surface area (TPSA) is 32.9 Å². The van der Waals surface area contributed by atoms with Crippen molar-refractivity contribution in [3.63, 3.8) is 0 Å². The molecule has 0 unspecified atom stereocenters. The van der Waals surface area contributed by atoms with Crippen LogP contribution in [0.3, 0.4) is 0 Å². The predicted molar refractivity (Wildman–Crippen MR) is 75.8 cm³/mol. The molecule has 4 heteroatoms. The van der Waals surface area contributed by atoms with Gasteiger partial charge in [0, 0.05) is 27.1 Å². The van der Waals surface area contributed by atoms with E-state index in [0.29, 0.717) is 5.56 Å². The molecule has 0 spiro atoms. The van der Waals surface area contributed by atoms with Crippen molar-refractivity contribution in [1.82, 2.24) is 4.98 Å². The third kappa shape index (κ3) is 2.08. The summed E-state index contributed by atoms with van der Waals surface area (Å²) in [5, 5.41) is 0.780. The van der Waals surface area contributed by atoms with Gasteiger partial charge in [0.1, 0.15) is 5.82 Å². The number of hydrogen-bond acceptors (Lipinski definition) is 1. The summed E-state index contributed by atoms with van der Waals surface area (Å²) in [6, 6.07) is 11.6. The van der Waals surface area contributed by atoms with Gasteiger partial charge in [-0.05, 0) is 30.3 Å². The molecular weight excluding hydrogens is 309 g/mol. The monoisotopic (exact) mass is 317 g/mol. The Balaban J connectivity index is 2.17. The lowest BCUT2D eigenvalue weighted by molar-refractivity contribution is 0.103. The summed E-state index contributed by atoms with van der Waals surface area (Å²) < 4.78 is 14.5. The lowest BCUT2D eigenvalue weighted by atomic mass is 10.0. The SMILES string of the molecule is O=C(c1ccccc1F)c1c[nH]c2ccc(Br)cc12. The van der Waals surface area contributed by atoms with Gasteiger partial charge < -0.3 is 4.98 Å². The van der Waals surface area contributed by atoms with Crippen molar-refractivity contribution in [3.05, 3.63) is 70.1 Å². The maximum atomic E-state index is 13.7. The van der Waals surface area contributed by atoms with Crippen LogP contribution in [0.4, 0.5) is 4.39 Å². The first-order valence-electron chi connectivity index (χ1n) is 5.72. The average molecular weight is 318 g/mol. The molecule has 0 fully saturated rings. The second-order valence-electron chi connectivity index (χ2n) is 4.20. The molecule has 0 aliphatic carbocycles. The number of fused-ring (bicyclic) bond motifs is 1. The number of ketones is 1. The molecule has 0 radical (unpaired) electrons. The molecule has 1 aromatic heterocycles. The number of hydrogen-bond donors (Lipinski definition) is 1. The van der Waals surface area contributed by atoms with Crippen LogP contribution in [0.25, 0.3) is 10.9 Å². The number of rotatable bonds is 2. The molecule has 0 aliphatic rings. The first kappa shape index (κ1) is 12.1. The number of nitrogens with one attached hydrogen (secondary N) is 1. The van der Waals surface area contributed by atoms with E-state index in [0.717, 1.165) is 15.4 Å². The van der Waals surface area contributed by atoms with E-state index in [1.165, 1.54) is 12.1 Å². The van der Waals surface area contributed by atoms with Crippen molar-refractivity contribution in [2.75, 3.05) is 0 Å². The van der Waals surface area contributed by atoms with Gasteiger partial charge in [-0.1, -0.05) is 28.1 Å². The van der Waals surface area contributed by atoms with Gasteiger partial charge in [-0.3, -0.25) is 4.79 Å². The highest BCUT2D eigenvalue weighted by Crippen LogP contribution is 2.25. The quantitative estimate of drug-likeness (QED) is 0.702. The molecule has 2 nitrogen and oxygen atoms in total. The summed E-state index contributed by atoms with van der Waals surface area (Å²) in [4.78, 5) is 15.4. The van der Waals surface area contributed by atoms with Crippen LogP contribution in [0, 0.1) is 5.82 Å². The normalized spacial score (nSPS) is 10.8. The zero-order valence-electron chi connectivity index (χ0n) is 9.78. The van der Waals surface area contributed by atoms with Crippen molar-refractivity contribution in [1.29, 1.82) is 0 Å². The van der Waals surface area contributed by atoms with Crippen molar-refractivity contribution < 1.29 is 9.18 Å². The van der Waals surface area contributed by atoms with Crippen molar-refractivity contribution in [2.45, 2.75) is 0 Å². The van der Waals surface area contributed by atoms with Gasteiger partial charge in [0.2, 0.25) is 0 Å². The zero-order valence-corrected chi connectivity index (χ0v) is 11.4. The van der Waals surface area contributed by atoms with E-state index in [1.807, 2.05) is 18.2 Å². The first-order chi connectivity index (χ1) is 9.16. The maximum absolute atomic E-state index is 13.7. The minimum absolute atomic E-state index is 0.0865. The van der Waals surface area contributed by atoms with Gasteiger partial charge >= 0.3 is 0 Å². The predicted octanol–water partition coefficient (Wildman–Crippen LogP) is 4.30. The number of benzene rings is 2. The number of carbonyl (C=O) groups is 1. The Morgan fingerprint density at radius 1 is 1.11 bits per heavy atom. The summed E-state index contributed by atoms with van der Waals surface area (Å²) in [7, 11) is 0. The molecule has 3 rings (SSSR count). The van der Waals surface area contributed by atoms with Gasteiger partial charge in [0.25, 0.3) is 0 Å². The summed E-state index contributed by atoms with van der Waals surface area (Å²) in [5.41, 5.74) is 1.41. The summed E-state index contributed by atoms with van der Waals surface area (Å²) in [6.07, 6.45) is 1.62. The fraction of sp³-hybridized carbons (Fsp3) is 0. The van der Waals surface area contributed by atoms with E-state index in [9.17, 15) is 9.18 Å². The molecule has 0 saturated heterocycles. The molecule has 2 aromatic carbocycles. The molecule has 0 atom stereocenters. The third-order valence-corrected chi connectivity index (χ3v) is 3.50. The van der Waals surface area contributed by atoms with E-state index in [1.54, 1.807) is 18.3 Å². The fourth-order valence-corrected chi connectivity index (χ4v) is 2.43. The van der Waals surface area contributed by atoms with Crippen LogP contribution in [0.5, 0.6) is 0 Å². The van der Waals surface area contributed by atoms with E-state index < -0.39 is 5.82 Å². The summed E-state index contributed by atoms with van der Waals surface area (Å²) in [5.74, 6) is -0.820. The smallest absolute Gasteiger partial charge is 0.198 e. The molecule has 0 bridgehead atoms. The molecule has 0 aliphatic heterocycles. The van der Waals surface area contributed by atoms with Crippen LogP contribution < -0.4 is 0 Å². The Labute approximate surface area is 117 Å². The van der Waals surface area contributed by atoms with Crippen LogP contribution >= 0.6 is 15.9 Å². The number of aromatic nitrogens is 1. The standard InChI is InChI=1S/C15H9BrFNO/c16-9-5-6-14-11(7-9)12(8-18-14)15(19)10-3-1-2-4-13(10)17/h1-8,18H. The zero-order chi connectivity index (χ0) is 13.4. The Bertz CT molecular complexity index is 779. The number of carbonyl (C=O) groups excluding carboxylic acids is 1. The Morgan fingerprint density at radius 3 is 2.68 bits per heavy atom. The van der Waals surface area contributed by atoms with Crippen LogP contribution in [-0.2, 0) is 0 Å². The number of halogens is 2. The molecule has 19 heavy (non-hydrogen) atoms. The van der Waals surface area contributed by atoms with Crippen molar-refractivity contribution in [3.8, 4) is 0 Å². The van der Waals surface area contributed by atoms with Gasteiger partial charge in [0.15, 0.2) is 5.78 Å². The summed E-state index contributed by atoms with van der Waals surface area (Å²) >= 11 is 3.37. The van der Waals surface area contributed by atoms with Crippen molar-refractivity contribution in [2.24, 2.45) is 0 Å². The van der Waals surface area contributed by atoms with E-state index in [2.05, 4.69) is 20.9 Å². The van der Waals surface area contributed by atoms with Gasteiger partial charge in [-0.15, -0.1) is 0 Å². The van der Waals surface area contributed by atoms with Crippen molar-refractivity contribution >= 4 is 32.6 Å². The molecular formula is C15H9BrFNO. The van der Waals surface area contributed by atoms with E-state index >= 15 is 0 Å². The molecule has 94 valence electrons. The largest absolute Gasteiger partial charge is 0.360 e. The second-order valence-corrected chi connectivity index (χ2v) is 5.12. The maximum Gasteiger partial charge on any atom is 0.198 e. The Hall–Kier alpha value is -1.94. The number of aromatic amines is 1. The molecule has 0 saturated carbocycles. The van der Waals surface area contributed by atoms with E-state index in [4.69, 9.17) is 0 Å².